The van der Waals surface area contributed by atoms with Crippen LogP contribution in [0, 0.1) is 0 Å². The van der Waals surface area contributed by atoms with Gasteiger partial charge in [-0.05, 0) is 0 Å². The molecule has 0 saturated heterocycles. The molecule has 0 spiro atoms. The van der Waals surface area contributed by atoms with E-state index in [0.29, 0.717) is 0 Å². The Hall–Kier alpha value is 1.83. The Morgan fingerprint density at radius 1 is 1.00 bits per heavy atom. The van der Waals surface area contributed by atoms with Crippen molar-refractivity contribution in [3.05, 3.63) is 0 Å². The zero-order chi connectivity index (χ0) is 2.00. The van der Waals surface area contributed by atoms with Crippen LogP contribution >= 0.6 is 34.0 Å². The van der Waals surface area contributed by atoms with E-state index in [1.165, 1.54) is 24.4 Å². The van der Waals surface area contributed by atoms with Crippen LogP contribution < -0.4 is 0 Å². The Kier molecular flexibility index (Phi) is 89.8. The van der Waals surface area contributed by atoms with Gasteiger partial charge >= 0.3 is 29.1 Å². The molecule has 0 saturated carbocycles. The fourth-order valence-electron chi connectivity index (χ4n) is 0. The van der Waals surface area contributed by atoms with Crippen LogP contribution in [0.15, 0.2) is 0 Å². The molecule has 3 heteroatoms. The third kappa shape index (κ3) is 9.16. The second-order valence-electron chi connectivity index (χ2n) is 0. The van der Waals surface area contributed by atoms with Gasteiger partial charge in [0.1, 0.15) is 0 Å². The van der Waals surface area contributed by atoms with Crippen molar-refractivity contribution in [1.82, 2.24) is 0 Å². The van der Waals surface area contributed by atoms with Crippen molar-refractivity contribution in [2.24, 2.45) is 0 Å². The van der Waals surface area contributed by atoms with Crippen LogP contribution in [-0.2, 0) is 0 Å². The van der Waals surface area contributed by atoms with Crippen molar-refractivity contribution in [2.45, 2.75) is 4.68 Å². The Morgan fingerprint density at radius 2 is 1.00 bits per heavy atom. The third-order valence-electron chi connectivity index (χ3n) is 0. The van der Waals surface area contributed by atoms with Gasteiger partial charge in [0.05, 0.1) is 0 Å². The molecule has 0 unspecified atom stereocenters. The standard InChI is InChI=1S/CH3.2BrH.In/h1H3;2*1H;. The summed E-state index contributed by atoms with van der Waals surface area (Å²) in [5.41, 5.74) is 0. The van der Waals surface area contributed by atoms with Gasteiger partial charge in [0, 0.05) is 0 Å². The van der Waals surface area contributed by atoms with Crippen LogP contribution in [0.3, 0.4) is 0 Å². The molecule has 26 valence electrons. The summed E-state index contributed by atoms with van der Waals surface area (Å²) in [6.45, 7) is 0. The fraction of sp³-hybridized carbons (Fsp3) is 1.00. The zero-order valence-electron chi connectivity index (χ0n) is 2.39. The Labute approximate surface area is 62.5 Å². The maximum absolute atomic E-state index is 2.13. The van der Waals surface area contributed by atoms with E-state index >= 15 is 0 Å². The van der Waals surface area contributed by atoms with Crippen LogP contribution in [0.2, 0.25) is 4.68 Å². The maximum atomic E-state index is 2.13. The fourth-order valence-corrected chi connectivity index (χ4v) is 0. The van der Waals surface area contributed by atoms with Gasteiger partial charge in [0.25, 0.3) is 0 Å². The van der Waals surface area contributed by atoms with Crippen molar-refractivity contribution >= 4 is 58.3 Å². The first-order valence-electron chi connectivity index (χ1n) is 0.577. The monoisotopic (exact) mass is 290 g/mol. The molecule has 0 N–H and O–H groups in total. The van der Waals surface area contributed by atoms with Gasteiger partial charge in [-0.15, -0.1) is 34.0 Å². The molecule has 0 aliphatic heterocycles. The van der Waals surface area contributed by atoms with Crippen molar-refractivity contribution in [1.29, 1.82) is 0 Å². The molecule has 0 atom stereocenters. The number of hydrogen-bond acceptors (Lipinski definition) is 0. The van der Waals surface area contributed by atoms with E-state index in [-0.39, 0.29) is 34.0 Å². The van der Waals surface area contributed by atoms with E-state index < -0.39 is 0 Å². The summed E-state index contributed by atoms with van der Waals surface area (Å²) in [7, 11) is 0. The van der Waals surface area contributed by atoms with E-state index in [4.69, 9.17) is 0 Å². The minimum absolute atomic E-state index is 0. The first kappa shape index (κ1) is 17.0. The molecule has 0 heterocycles. The van der Waals surface area contributed by atoms with Crippen LogP contribution in [0.5, 0.6) is 0 Å². The molecule has 2 radical (unpaired) electrons. The first-order valence-corrected chi connectivity index (χ1v) is 3.87. The van der Waals surface area contributed by atoms with E-state index in [1.807, 2.05) is 0 Å². The molecule has 0 aromatic rings. The molecule has 0 amide bonds. The minimum atomic E-state index is 0. The van der Waals surface area contributed by atoms with Gasteiger partial charge in [-0.25, -0.2) is 0 Å². The predicted octanol–water partition coefficient (Wildman–Crippen LogP) is 1.36. The molecule has 4 heavy (non-hydrogen) atoms. The first-order chi connectivity index (χ1) is 1.00. The quantitative estimate of drug-likeness (QED) is 0.632. The molecule has 0 aliphatic rings. The van der Waals surface area contributed by atoms with Crippen LogP contribution in [0.1, 0.15) is 0 Å². The Bertz CT molecular complexity index is 6.00. The van der Waals surface area contributed by atoms with Gasteiger partial charge < -0.3 is 0 Å². The summed E-state index contributed by atoms with van der Waals surface area (Å²) in [5, 5.41) is 0. The van der Waals surface area contributed by atoms with Gasteiger partial charge in [-0.2, -0.15) is 0 Å². The summed E-state index contributed by atoms with van der Waals surface area (Å²) in [5.74, 6) is 0. The Balaban J connectivity index is -0.00000000500. The summed E-state index contributed by atoms with van der Waals surface area (Å²) >= 11 is 1.35. The molecule has 0 aliphatic carbocycles. The number of rotatable bonds is 0. The molecular weight excluding hydrogens is 287 g/mol. The van der Waals surface area contributed by atoms with Crippen molar-refractivity contribution in [3.63, 3.8) is 0 Å². The number of halogens is 2. The van der Waals surface area contributed by atoms with Crippen molar-refractivity contribution in [2.75, 3.05) is 0 Å². The summed E-state index contributed by atoms with van der Waals surface area (Å²) in [6.07, 6.45) is 0. The van der Waals surface area contributed by atoms with Crippen LogP contribution in [-0.4, -0.2) is 24.4 Å². The van der Waals surface area contributed by atoms with Crippen molar-refractivity contribution in [3.8, 4) is 0 Å². The second-order valence-corrected chi connectivity index (χ2v) is 0. The SMILES string of the molecule is Br.Br.[CH3][In]. The Morgan fingerprint density at radius 3 is 1.00 bits per heavy atom. The summed E-state index contributed by atoms with van der Waals surface area (Å²) in [6, 6.07) is 0. The predicted molar refractivity (Wildman–Crippen MR) is 32.3 cm³/mol. The van der Waals surface area contributed by atoms with E-state index in [0.717, 1.165) is 0 Å². The number of hydrogen-bond donors (Lipinski definition) is 0. The van der Waals surface area contributed by atoms with Gasteiger partial charge in [0.15, 0.2) is 0 Å². The van der Waals surface area contributed by atoms with Crippen LogP contribution in [0.25, 0.3) is 0 Å². The van der Waals surface area contributed by atoms with Gasteiger partial charge in [-0.1, -0.05) is 0 Å². The molecule has 0 bridgehead atoms. The molecule has 0 fully saturated rings. The van der Waals surface area contributed by atoms with E-state index in [2.05, 4.69) is 4.68 Å². The summed E-state index contributed by atoms with van der Waals surface area (Å²) < 4.78 is 2.13. The topological polar surface area (TPSA) is 0 Å². The van der Waals surface area contributed by atoms with Gasteiger partial charge in [0.2, 0.25) is 0 Å². The van der Waals surface area contributed by atoms with E-state index in [9.17, 15) is 0 Å². The second kappa shape index (κ2) is 21.2. The zero-order valence-corrected chi connectivity index (χ0v) is 9.12. The van der Waals surface area contributed by atoms with Crippen molar-refractivity contribution < 1.29 is 0 Å². The molecule has 0 aromatic carbocycles. The average Bonchev–Trinajstić information content (AvgIpc) is 1.00. The van der Waals surface area contributed by atoms with Gasteiger partial charge in [-0.3, -0.25) is 0 Å². The normalized spacial score (nSPS) is 1.25. The third-order valence-corrected chi connectivity index (χ3v) is 0. The van der Waals surface area contributed by atoms with E-state index in [1.54, 1.807) is 0 Å². The molecular formula is CH5Br2In. The molecule has 0 nitrogen and oxygen atoms in total. The average molecular weight is 292 g/mol. The summed E-state index contributed by atoms with van der Waals surface area (Å²) in [4.78, 5) is 0. The molecule has 0 rings (SSSR count). The molecule has 0 aromatic heterocycles. The van der Waals surface area contributed by atoms with Crippen LogP contribution in [0.4, 0.5) is 0 Å².